The third kappa shape index (κ3) is 3.76. The number of anilines is 2. The molecule has 2 aromatic carbocycles. The highest BCUT2D eigenvalue weighted by atomic mass is 35.5. The van der Waals surface area contributed by atoms with Crippen LogP contribution in [0.5, 0.6) is 0 Å². The lowest BCUT2D eigenvalue weighted by Crippen LogP contribution is -2.18. The van der Waals surface area contributed by atoms with E-state index in [4.69, 9.17) is 11.6 Å². The number of benzene rings is 2. The summed E-state index contributed by atoms with van der Waals surface area (Å²) < 4.78 is 0. The number of nitrogens with zero attached hydrogens (tertiary/aromatic N) is 2. The molecule has 4 rings (SSSR count). The monoisotopic (exact) mass is 378 g/mol. The van der Waals surface area contributed by atoms with Crippen molar-refractivity contribution in [2.45, 2.75) is 32.2 Å². The van der Waals surface area contributed by atoms with Crippen molar-refractivity contribution in [2.75, 3.05) is 17.7 Å². The topological polar surface area (TPSA) is 49.8 Å². The lowest BCUT2D eigenvalue weighted by molar-refractivity contribution is 0.598. The van der Waals surface area contributed by atoms with Crippen LogP contribution >= 0.6 is 11.6 Å². The predicted octanol–water partition coefficient (Wildman–Crippen LogP) is 5.64. The summed E-state index contributed by atoms with van der Waals surface area (Å²) in [5.41, 5.74) is 5.61. The molecule has 1 heterocycles. The number of nitrogens with one attached hydrogen (secondary N) is 2. The fourth-order valence-corrected chi connectivity index (χ4v) is 3.96. The van der Waals surface area contributed by atoms with Gasteiger partial charge in [0, 0.05) is 18.7 Å². The summed E-state index contributed by atoms with van der Waals surface area (Å²) in [6.45, 7) is 1.93. The van der Waals surface area contributed by atoms with Gasteiger partial charge < -0.3 is 10.6 Å². The van der Waals surface area contributed by atoms with Crippen molar-refractivity contribution in [3.8, 4) is 11.3 Å². The third-order valence-electron chi connectivity index (χ3n) is 5.06. The fourth-order valence-electron chi connectivity index (χ4n) is 3.75. The van der Waals surface area contributed by atoms with Gasteiger partial charge in [0.05, 0.1) is 22.4 Å². The van der Waals surface area contributed by atoms with Gasteiger partial charge in [-0.1, -0.05) is 41.9 Å². The average molecular weight is 379 g/mol. The largest absolute Gasteiger partial charge is 0.387 e. The molecule has 0 bridgehead atoms. The maximum absolute atomic E-state index is 6.22. The molecular formula is C22H23ClN4. The van der Waals surface area contributed by atoms with E-state index in [2.05, 4.69) is 44.9 Å². The summed E-state index contributed by atoms with van der Waals surface area (Å²) in [5.74, 6) is 1.61. The van der Waals surface area contributed by atoms with Crippen LogP contribution in [0.3, 0.4) is 0 Å². The molecule has 5 heteroatoms. The van der Waals surface area contributed by atoms with Gasteiger partial charge in [0.1, 0.15) is 11.6 Å². The molecule has 27 heavy (non-hydrogen) atoms. The highest BCUT2D eigenvalue weighted by Crippen LogP contribution is 2.33. The number of hydrogen-bond donors (Lipinski definition) is 2. The normalized spacial score (nSPS) is 15.9. The molecule has 0 spiro atoms. The molecule has 2 N–H and O–H groups in total. The first kappa shape index (κ1) is 17.8. The second kappa shape index (κ2) is 7.57. The first-order valence-electron chi connectivity index (χ1n) is 9.32. The Balaban J connectivity index is 1.66. The minimum Gasteiger partial charge on any atom is -0.387 e. The number of aromatic nitrogens is 2. The van der Waals surface area contributed by atoms with E-state index in [-0.39, 0.29) is 6.04 Å². The molecular weight excluding hydrogens is 356 g/mol. The molecule has 1 aliphatic carbocycles. The highest BCUT2D eigenvalue weighted by Gasteiger charge is 2.20. The molecule has 0 fully saturated rings. The summed E-state index contributed by atoms with van der Waals surface area (Å²) in [5, 5.41) is 7.45. The van der Waals surface area contributed by atoms with Crippen LogP contribution in [0.1, 0.15) is 35.8 Å². The minimum atomic E-state index is 0.287. The summed E-state index contributed by atoms with van der Waals surface area (Å²) in [4.78, 5) is 9.25. The number of fused-ring (bicyclic) bond motifs is 1. The number of rotatable bonds is 4. The Morgan fingerprint density at radius 2 is 1.93 bits per heavy atom. The molecule has 0 saturated carbocycles. The molecule has 1 unspecified atom stereocenters. The number of halogens is 1. The Bertz CT molecular complexity index is 970. The van der Waals surface area contributed by atoms with E-state index in [1.165, 1.54) is 17.5 Å². The molecule has 0 radical (unpaired) electrons. The summed E-state index contributed by atoms with van der Waals surface area (Å²) in [6.07, 6.45) is 3.45. The molecule has 1 aliphatic rings. The van der Waals surface area contributed by atoms with Gasteiger partial charge in [0.25, 0.3) is 0 Å². The van der Waals surface area contributed by atoms with Crippen LogP contribution in [0.15, 0.2) is 48.5 Å². The molecule has 3 aromatic rings. The van der Waals surface area contributed by atoms with Crippen molar-refractivity contribution in [2.24, 2.45) is 0 Å². The molecule has 138 valence electrons. The molecule has 0 saturated heterocycles. The summed E-state index contributed by atoms with van der Waals surface area (Å²) in [7, 11) is 1.86. The SMILES string of the molecule is CNc1cc(-c2cc(NC3CCCc4ccccc43)nc(C)n2)ccc1Cl. The molecule has 1 aromatic heterocycles. The van der Waals surface area contributed by atoms with Gasteiger partial charge in [-0.3, -0.25) is 0 Å². The number of aryl methyl sites for hydroxylation is 2. The zero-order valence-corrected chi connectivity index (χ0v) is 16.3. The van der Waals surface area contributed by atoms with Gasteiger partial charge in [-0.25, -0.2) is 9.97 Å². The molecule has 4 nitrogen and oxygen atoms in total. The summed E-state index contributed by atoms with van der Waals surface area (Å²) in [6, 6.07) is 16.9. The van der Waals surface area contributed by atoms with E-state index < -0.39 is 0 Å². The van der Waals surface area contributed by atoms with Crippen LogP contribution in [-0.2, 0) is 6.42 Å². The number of hydrogen-bond acceptors (Lipinski definition) is 4. The lowest BCUT2D eigenvalue weighted by Gasteiger charge is -2.27. The van der Waals surface area contributed by atoms with E-state index in [1.807, 2.05) is 38.2 Å². The van der Waals surface area contributed by atoms with E-state index in [1.54, 1.807) is 0 Å². The maximum Gasteiger partial charge on any atom is 0.130 e. The molecule has 0 amide bonds. The van der Waals surface area contributed by atoms with Gasteiger partial charge >= 0.3 is 0 Å². The Morgan fingerprint density at radius 3 is 2.78 bits per heavy atom. The van der Waals surface area contributed by atoms with Crippen molar-refractivity contribution in [1.82, 2.24) is 9.97 Å². The van der Waals surface area contributed by atoms with E-state index in [9.17, 15) is 0 Å². The fraction of sp³-hybridized carbons (Fsp3) is 0.273. The first-order chi connectivity index (χ1) is 13.1. The predicted molar refractivity (Wildman–Crippen MR) is 113 cm³/mol. The Morgan fingerprint density at radius 1 is 1.07 bits per heavy atom. The second-order valence-electron chi connectivity index (χ2n) is 6.92. The van der Waals surface area contributed by atoms with Gasteiger partial charge in [0.2, 0.25) is 0 Å². The zero-order valence-electron chi connectivity index (χ0n) is 15.6. The van der Waals surface area contributed by atoms with Gasteiger partial charge in [-0.2, -0.15) is 0 Å². The Hall–Kier alpha value is -2.59. The zero-order chi connectivity index (χ0) is 18.8. The molecule has 1 atom stereocenters. The average Bonchev–Trinajstić information content (AvgIpc) is 2.68. The second-order valence-corrected chi connectivity index (χ2v) is 7.33. The Kier molecular flexibility index (Phi) is 4.99. The lowest BCUT2D eigenvalue weighted by atomic mass is 9.88. The van der Waals surface area contributed by atoms with Gasteiger partial charge in [-0.05, 0) is 49.4 Å². The van der Waals surface area contributed by atoms with Crippen LogP contribution in [0.25, 0.3) is 11.3 Å². The minimum absolute atomic E-state index is 0.287. The van der Waals surface area contributed by atoms with Crippen LogP contribution in [0.4, 0.5) is 11.5 Å². The van der Waals surface area contributed by atoms with E-state index in [0.29, 0.717) is 5.02 Å². The van der Waals surface area contributed by atoms with Crippen LogP contribution in [0.2, 0.25) is 5.02 Å². The van der Waals surface area contributed by atoms with E-state index in [0.717, 1.165) is 41.4 Å². The maximum atomic E-state index is 6.22. The highest BCUT2D eigenvalue weighted by molar-refractivity contribution is 6.33. The van der Waals surface area contributed by atoms with Gasteiger partial charge in [0.15, 0.2) is 0 Å². The summed E-state index contributed by atoms with van der Waals surface area (Å²) >= 11 is 6.22. The van der Waals surface area contributed by atoms with Crippen molar-refractivity contribution in [3.05, 3.63) is 70.5 Å². The van der Waals surface area contributed by atoms with Crippen molar-refractivity contribution < 1.29 is 0 Å². The van der Waals surface area contributed by atoms with Crippen molar-refractivity contribution in [1.29, 1.82) is 0 Å². The molecule has 0 aliphatic heterocycles. The van der Waals surface area contributed by atoms with Crippen LogP contribution in [-0.4, -0.2) is 17.0 Å². The van der Waals surface area contributed by atoms with Crippen LogP contribution < -0.4 is 10.6 Å². The van der Waals surface area contributed by atoms with E-state index >= 15 is 0 Å². The van der Waals surface area contributed by atoms with Crippen molar-refractivity contribution >= 4 is 23.1 Å². The third-order valence-corrected chi connectivity index (χ3v) is 5.39. The first-order valence-corrected chi connectivity index (χ1v) is 9.69. The van der Waals surface area contributed by atoms with Crippen molar-refractivity contribution in [3.63, 3.8) is 0 Å². The van der Waals surface area contributed by atoms with Crippen LogP contribution in [0, 0.1) is 6.92 Å². The quantitative estimate of drug-likeness (QED) is 0.617. The standard InChI is InChI=1S/C22H23ClN4/c1-14-25-20(16-10-11-18(23)21(12-16)24-2)13-22(26-14)27-19-9-5-7-15-6-3-4-8-17(15)19/h3-4,6,8,10-13,19,24H,5,7,9H2,1-2H3,(H,25,26,27). The Labute approximate surface area is 165 Å². The van der Waals surface area contributed by atoms with Gasteiger partial charge in [-0.15, -0.1) is 0 Å². The smallest absolute Gasteiger partial charge is 0.130 e.